The van der Waals surface area contributed by atoms with Crippen LogP contribution in [-0.4, -0.2) is 39.8 Å². The molecule has 142 valence electrons. The highest BCUT2D eigenvalue weighted by atomic mass is 16.6. The lowest BCUT2D eigenvalue weighted by Crippen LogP contribution is -2.44. The first-order valence-electron chi connectivity index (χ1n) is 9.11. The predicted octanol–water partition coefficient (Wildman–Crippen LogP) is 3.72. The van der Waals surface area contributed by atoms with Gasteiger partial charge in [-0.25, -0.2) is 4.79 Å². The van der Waals surface area contributed by atoms with E-state index in [1.807, 2.05) is 39.0 Å². The number of aromatic nitrogens is 2. The van der Waals surface area contributed by atoms with Gasteiger partial charge in [-0.1, -0.05) is 17.3 Å². The van der Waals surface area contributed by atoms with Crippen LogP contribution >= 0.6 is 0 Å². The number of nitriles is 1. The quantitative estimate of drug-likeness (QED) is 0.820. The number of rotatable bonds is 3. The molecule has 1 aromatic heterocycles. The SMILES string of the molecule is CC(C)(C)OC(=O)N1CCCC(C(c2cccc(C#N)c2)c2ncon2)C1. The van der Waals surface area contributed by atoms with Crippen LogP contribution in [0.3, 0.4) is 0 Å². The van der Waals surface area contributed by atoms with Gasteiger partial charge in [0.05, 0.1) is 17.6 Å². The largest absolute Gasteiger partial charge is 0.444 e. The summed E-state index contributed by atoms with van der Waals surface area (Å²) in [6.07, 6.45) is 2.81. The van der Waals surface area contributed by atoms with Crippen molar-refractivity contribution in [2.75, 3.05) is 13.1 Å². The first-order valence-corrected chi connectivity index (χ1v) is 9.11. The molecule has 0 aliphatic carbocycles. The number of nitrogens with zero attached hydrogens (tertiary/aromatic N) is 4. The van der Waals surface area contributed by atoms with Gasteiger partial charge in [-0.2, -0.15) is 10.2 Å². The Balaban J connectivity index is 1.86. The standard InChI is InChI=1S/C20H24N4O3/c1-20(2,3)27-19(25)24-9-5-8-16(12-24)17(18-22-13-26-23-18)15-7-4-6-14(10-15)11-21/h4,6-7,10,13,16-17H,5,8-9,12H2,1-3H3. The number of carbonyl (C=O) groups is 1. The van der Waals surface area contributed by atoms with E-state index in [9.17, 15) is 10.1 Å². The minimum atomic E-state index is -0.530. The third-order valence-corrected chi connectivity index (χ3v) is 4.61. The molecule has 0 spiro atoms. The number of ether oxygens (including phenoxy) is 1. The Morgan fingerprint density at radius 2 is 2.26 bits per heavy atom. The van der Waals surface area contributed by atoms with Gasteiger partial charge in [0.1, 0.15) is 5.60 Å². The highest BCUT2D eigenvalue weighted by Crippen LogP contribution is 2.36. The summed E-state index contributed by atoms with van der Waals surface area (Å²) < 4.78 is 10.5. The molecule has 0 radical (unpaired) electrons. The van der Waals surface area contributed by atoms with E-state index in [-0.39, 0.29) is 17.9 Å². The summed E-state index contributed by atoms with van der Waals surface area (Å²) in [6, 6.07) is 9.62. The third-order valence-electron chi connectivity index (χ3n) is 4.61. The van der Waals surface area contributed by atoms with Crippen LogP contribution in [0, 0.1) is 17.2 Å². The van der Waals surface area contributed by atoms with Crippen LogP contribution in [-0.2, 0) is 4.74 Å². The van der Waals surface area contributed by atoms with Gasteiger partial charge in [-0.05, 0) is 57.2 Å². The van der Waals surface area contributed by atoms with Gasteiger partial charge in [0, 0.05) is 13.1 Å². The molecule has 1 fully saturated rings. The Kier molecular flexibility index (Phi) is 5.45. The second-order valence-corrected chi connectivity index (χ2v) is 7.83. The second-order valence-electron chi connectivity index (χ2n) is 7.83. The van der Waals surface area contributed by atoms with Crippen LogP contribution < -0.4 is 0 Å². The third kappa shape index (κ3) is 4.64. The van der Waals surface area contributed by atoms with E-state index in [2.05, 4.69) is 16.2 Å². The molecular formula is C20H24N4O3. The molecule has 0 saturated carbocycles. The van der Waals surface area contributed by atoms with Gasteiger partial charge >= 0.3 is 6.09 Å². The van der Waals surface area contributed by atoms with Gasteiger partial charge in [-0.3, -0.25) is 0 Å². The number of piperidine rings is 1. The van der Waals surface area contributed by atoms with Crippen LogP contribution in [0.5, 0.6) is 0 Å². The second kappa shape index (κ2) is 7.78. The number of hydrogen-bond acceptors (Lipinski definition) is 6. The smallest absolute Gasteiger partial charge is 0.410 e. The zero-order chi connectivity index (χ0) is 19.4. The van der Waals surface area contributed by atoms with E-state index in [1.165, 1.54) is 6.39 Å². The maximum absolute atomic E-state index is 12.5. The summed E-state index contributed by atoms with van der Waals surface area (Å²) >= 11 is 0. The van der Waals surface area contributed by atoms with Gasteiger partial charge in [0.2, 0.25) is 6.39 Å². The number of amides is 1. The molecule has 2 heterocycles. The predicted molar refractivity (Wildman–Crippen MR) is 97.8 cm³/mol. The van der Waals surface area contributed by atoms with Crippen LogP contribution in [0.15, 0.2) is 35.2 Å². The van der Waals surface area contributed by atoms with Crippen molar-refractivity contribution in [2.24, 2.45) is 5.92 Å². The highest BCUT2D eigenvalue weighted by molar-refractivity contribution is 5.68. The molecule has 1 aliphatic heterocycles. The number of likely N-dealkylation sites (tertiary alicyclic amines) is 1. The molecule has 27 heavy (non-hydrogen) atoms. The summed E-state index contributed by atoms with van der Waals surface area (Å²) in [4.78, 5) is 18.5. The fourth-order valence-electron chi connectivity index (χ4n) is 3.52. The Labute approximate surface area is 158 Å². The molecule has 2 atom stereocenters. The van der Waals surface area contributed by atoms with E-state index in [4.69, 9.17) is 9.26 Å². The molecule has 0 N–H and O–H groups in total. The molecule has 2 aromatic rings. The van der Waals surface area contributed by atoms with Crippen molar-refractivity contribution < 1.29 is 14.1 Å². The lowest BCUT2D eigenvalue weighted by Gasteiger charge is -2.37. The van der Waals surface area contributed by atoms with E-state index >= 15 is 0 Å². The number of benzene rings is 1. The Bertz CT molecular complexity index is 820. The Morgan fingerprint density at radius 3 is 2.93 bits per heavy atom. The first-order chi connectivity index (χ1) is 12.9. The maximum atomic E-state index is 12.5. The Hall–Kier alpha value is -2.88. The zero-order valence-corrected chi connectivity index (χ0v) is 15.9. The summed E-state index contributed by atoms with van der Waals surface area (Å²) in [6.45, 7) is 6.80. The molecule has 3 rings (SSSR count). The van der Waals surface area contributed by atoms with E-state index in [0.29, 0.717) is 24.5 Å². The fraction of sp³-hybridized carbons (Fsp3) is 0.500. The zero-order valence-electron chi connectivity index (χ0n) is 15.9. The molecule has 7 nitrogen and oxygen atoms in total. The van der Waals surface area contributed by atoms with Gasteiger partial charge < -0.3 is 14.2 Å². The Morgan fingerprint density at radius 1 is 1.44 bits per heavy atom. The van der Waals surface area contributed by atoms with Gasteiger partial charge in [0.25, 0.3) is 0 Å². The van der Waals surface area contributed by atoms with Crippen molar-refractivity contribution in [2.45, 2.75) is 45.1 Å². The topological polar surface area (TPSA) is 92.2 Å². The maximum Gasteiger partial charge on any atom is 0.410 e. The van der Waals surface area contributed by atoms with Crippen molar-refractivity contribution in [3.05, 3.63) is 47.6 Å². The summed E-state index contributed by atoms with van der Waals surface area (Å²) in [5, 5.41) is 13.3. The molecule has 2 unspecified atom stereocenters. The lowest BCUT2D eigenvalue weighted by molar-refractivity contribution is 0.0156. The minimum absolute atomic E-state index is 0.109. The molecule has 1 aliphatic rings. The van der Waals surface area contributed by atoms with Crippen LogP contribution in [0.25, 0.3) is 0 Å². The molecule has 1 amide bonds. The number of carbonyl (C=O) groups excluding carboxylic acids is 1. The molecular weight excluding hydrogens is 344 g/mol. The summed E-state index contributed by atoms with van der Waals surface area (Å²) in [5.74, 6) is 0.529. The van der Waals surface area contributed by atoms with Crippen LogP contribution in [0.2, 0.25) is 0 Å². The summed E-state index contributed by atoms with van der Waals surface area (Å²) in [7, 11) is 0. The lowest BCUT2D eigenvalue weighted by atomic mass is 9.80. The highest BCUT2D eigenvalue weighted by Gasteiger charge is 2.35. The monoisotopic (exact) mass is 368 g/mol. The molecule has 0 bridgehead atoms. The average Bonchev–Trinajstić information content (AvgIpc) is 3.15. The van der Waals surface area contributed by atoms with E-state index in [0.717, 1.165) is 18.4 Å². The van der Waals surface area contributed by atoms with E-state index < -0.39 is 5.60 Å². The van der Waals surface area contributed by atoms with Gasteiger partial charge in [0.15, 0.2) is 5.82 Å². The first kappa shape index (κ1) is 18.9. The summed E-state index contributed by atoms with van der Waals surface area (Å²) in [5.41, 5.74) is 1.00. The van der Waals surface area contributed by atoms with Crippen molar-refractivity contribution in [3.8, 4) is 6.07 Å². The molecule has 1 saturated heterocycles. The minimum Gasteiger partial charge on any atom is -0.444 e. The van der Waals surface area contributed by atoms with Crippen molar-refractivity contribution in [1.29, 1.82) is 5.26 Å². The van der Waals surface area contributed by atoms with E-state index in [1.54, 1.807) is 11.0 Å². The molecule has 7 heteroatoms. The molecule has 1 aromatic carbocycles. The normalized spacial score (nSPS) is 18.6. The van der Waals surface area contributed by atoms with Crippen molar-refractivity contribution in [3.63, 3.8) is 0 Å². The van der Waals surface area contributed by atoms with Crippen molar-refractivity contribution in [1.82, 2.24) is 15.0 Å². The van der Waals surface area contributed by atoms with Gasteiger partial charge in [-0.15, -0.1) is 0 Å². The fourth-order valence-corrected chi connectivity index (χ4v) is 3.52. The number of hydrogen-bond donors (Lipinski definition) is 0. The van der Waals surface area contributed by atoms with Crippen LogP contribution in [0.1, 0.15) is 56.5 Å². The average molecular weight is 368 g/mol. The van der Waals surface area contributed by atoms with Crippen LogP contribution in [0.4, 0.5) is 4.79 Å². The van der Waals surface area contributed by atoms with Crippen molar-refractivity contribution >= 4 is 6.09 Å².